The Labute approximate surface area is 113 Å². The van der Waals surface area contributed by atoms with Crippen molar-refractivity contribution in [3.63, 3.8) is 0 Å². The maximum atomic E-state index is 9.22. The Kier molecular flexibility index (Phi) is 6.52. The van der Waals surface area contributed by atoms with Gasteiger partial charge in [0.2, 0.25) is 0 Å². The van der Waals surface area contributed by atoms with Gasteiger partial charge in [-0.05, 0) is 24.3 Å². The van der Waals surface area contributed by atoms with Gasteiger partial charge in [-0.1, -0.05) is 12.7 Å². The van der Waals surface area contributed by atoms with Crippen molar-refractivity contribution in [2.75, 3.05) is 26.4 Å². The predicted octanol–water partition coefficient (Wildman–Crippen LogP) is -0.969. The second-order valence-electron chi connectivity index (χ2n) is 4.49. The van der Waals surface area contributed by atoms with Crippen LogP contribution in [0.25, 0.3) is 0 Å². The molecule has 0 aliphatic carbocycles. The van der Waals surface area contributed by atoms with Crippen LogP contribution in [0.3, 0.4) is 0 Å². The highest BCUT2D eigenvalue weighted by atomic mass is 16.5. The van der Waals surface area contributed by atoms with E-state index in [4.69, 9.17) is 4.74 Å². The van der Waals surface area contributed by atoms with E-state index in [1.54, 1.807) is 11.4 Å². The SMILES string of the molecule is C=CCOc1ccc(C[NH2+]C(CO)(CO)CO)cc1. The smallest absolute Gasteiger partial charge is 0.166 e. The molecule has 0 spiro atoms. The summed E-state index contributed by atoms with van der Waals surface area (Å²) in [5.74, 6) is 0.765. The summed E-state index contributed by atoms with van der Waals surface area (Å²) in [5, 5.41) is 29.4. The zero-order valence-electron chi connectivity index (χ0n) is 11.0. The molecule has 1 rings (SSSR count). The van der Waals surface area contributed by atoms with Gasteiger partial charge >= 0.3 is 0 Å². The van der Waals surface area contributed by atoms with Crippen LogP contribution in [0.1, 0.15) is 5.56 Å². The fraction of sp³-hybridized carbons (Fsp3) is 0.429. The third-order valence-corrected chi connectivity index (χ3v) is 3.01. The number of ether oxygens (including phenoxy) is 1. The quantitative estimate of drug-likeness (QED) is 0.434. The maximum absolute atomic E-state index is 9.22. The van der Waals surface area contributed by atoms with Gasteiger partial charge in [-0.25, -0.2) is 0 Å². The first-order valence-electron chi connectivity index (χ1n) is 6.19. The molecular formula is C14H22NO4+. The zero-order valence-corrected chi connectivity index (χ0v) is 11.0. The van der Waals surface area contributed by atoms with Crippen LogP contribution in [-0.4, -0.2) is 47.3 Å². The summed E-state index contributed by atoms with van der Waals surface area (Å²) in [5.41, 5.74) is 0.0866. The molecule has 0 bridgehead atoms. The van der Waals surface area contributed by atoms with Gasteiger partial charge in [0.15, 0.2) is 5.54 Å². The minimum Gasteiger partial charge on any atom is -0.490 e. The molecule has 0 aliphatic heterocycles. The van der Waals surface area contributed by atoms with Crippen LogP contribution in [0.2, 0.25) is 0 Å². The molecule has 0 saturated heterocycles. The van der Waals surface area contributed by atoms with Crippen LogP contribution in [0.5, 0.6) is 5.75 Å². The number of hydrogen-bond donors (Lipinski definition) is 4. The Morgan fingerprint density at radius 1 is 1.11 bits per heavy atom. The second kappa shape index (κ2) is 7.91. The van der Waals surface area contributed by atoms with Gasteiger partial charge in [-0.15, -0.1) is 0 Å². The molecule has 106 valence electrons. The van der Waals surface area contributed by atoms with Crippen molar-refractivity contribution >= 4 is 0 Å². The number of rotatable bonds is 9. The average Bonchev–Trinajstić information content (AvgIpc) is 2.48. The van der Waals surface area contributed by atoms with Crippen molar-refractivity contribution in [3.8, 4) is 5.75 Å². The van der Waals surface area contributed by atoms with Gasteiger partial charge in [0.25, 0.3) is 0 Å². The molecule has 0 saturated carbocycles. The second-order valence-corrected chi connectivity index (χ2v) is 4.49. The fourth-order valence-electron chi connectivity index (χ4n) is 1.55. The van der Waals surface area contributed by atoms with Crippen LogP contribution < -0.4 is 10.1 Å². The van der Waals surface area contributed by atoms with Gasteiger partial charge in [0.1, 0.15) is 38.7 Å². The number of quaternary nitrogens is 1. The Morgan fingerprint density at radius 3 is 2.16 bits per heavy atom. The molecule has 0 amide bonds. The maximum Gasteiger partial charge on any atom is 0.166 e. The molecule has 5 heteroatoms. The van der Waals surface area contributed by atoms with E-state index >= 15 is 0 Å². The molecule has 0 atom stereocenters. The summed E-state index contributed by atoms with van der Waals surface area (Å²) < 4.78 is 5.37. The molecular weight excluding hydrogens is 246 g/mol. The molecule has 19 heavy (non-hydrogen) atoms. The van der Waals surface area contributed by atoms with Gasteiger partial charge in [-0.2, -0.15) is 0 Å². The largest absolute Gasteiger partial charge is 0.490 e. The van der Waals surface area contributed by atoms with Crippen molar-refractivity contribution < 1.29 is 25.4 Å². The van der Waals surface area contributed by atoms with Crippen LogP contribution in [0, 0.1) is 0 Å². The average molecular weight is 268 g/mol. The highest BCUT2D eigenvalue weighted by Crippen LogP contribution is 2.11. The first-order chi connectivity index (χ1) is 9.19. The lowest BCUT2D eigenvalue weighted by atomic mass is 10.0. The minimum absolute atomic E-state index is 0.277. The predicted molar refractivity (Wildman–Crippen MR) is 71.8 cm³/mol. The molecule has 0 heterocycles. The van der Waals surface area contributed by atoms with Gasteiger partial charge in [0.05, 0.1) is 0 Å². The van der Waals surface area contributed by atoms with E-state index in [9.17, 15) is 15.3 Å². The fourth-order valence-corrected chi connectivity index (χ4v) is 1.55. The summed E-state index contributed by atoms with van der Waals surface area (Å²) in [6.45, 7) is 3.77. The highest BCUT2D eigenvalue weighted by molar-refractivity contribution is 5.26. The van der Waals surface area contributed by atoms with E-state index in [0.717, 1.165) is 11.3 Å². The van der Waals surface area contributed by atoms with Crippen LogP contribution in [-0.2, 0) is 6.54 Å². The Bertz CT molecular complexity index is 365. The van der Waals surface area contributed by atoms with Crippen molar-refractivity contribution in [2.45, 2.75) is 12.1 Å². The van der Waals surface area contributed by atoms with E-state index < -0.39 is 5.54 Å². The van der Waals surface area contributed by atoms with Crippen molar-refractivity contribution in [1.82, 2.24) is 0 Å². The normalized spacial score (nSPS) is 11.3. The lowest BCUT2D eigenvalue weighted by Crippen LogP contribution is -2.99. The molecule has 0 aliphatic rings. The molecule has 0 fully saturated rings. The first-order valence-corrected chi connectivity index (χ1v) is 6.19. The molecule has 0 aromatic heterocycles. The van der Waals surface area contributed by atoms with Crippen molar-refractivity contribution in [3.05, 3.63) is 42.5 Å². The highest BCUT2D eigenvalue weighted by Gasteiger charge is 2.31. The Hall–Kier alpha value is -1.40. The Morgan fingerprint density at radius 2 is 1.68 bits per heavy atom. The number of benzene rings is 1. The third-order valence-electron chi connectivity index (χ3n) is 3.01. The van der Waals surface area contributed by atoms with E-state index in [1.807, 2.05) is 24.3 Å². The first kappa shape index (κ1) is 15.7. The standard InChI is InChI=1S/C14H21NO4/c1-2-7-19-13-5-3-12(4-6-13)8-15-14(9-16,10-17)11-18/h2-6,15-18H,1,7-11H2/p+1. The molecule has 1 aromatic carbocycles. The summed E-state index contributed by atoms with van der Waals surface area (Å²) >= 11 is 0. The zero-order chi connectivity index (χ0) is 14.1. The third kappa shape index (κ3) is 4.65. The summed E-state index contributed by atoms with van der Waals surface area (Å²) in [7, 11) is 0. The van der Waals surface area contributed by atoms with E-state index in [-0.39, 0.29) is 19.8 Å². The molecule has 0 unspecified atom stereocenters. The summed E-state index contributed by atoms with van der Waals surface area (Å²) in [4.78, 5) is 0. The van der Waals surface area contributed by atoms with Crippen molar-refractivity contribution in [2.24, 2.45) is 0 Å². The van der Waals surface area contributed by atoms with Crippen LogP contribution >= 0.6 is 0 Å². The van der Waals surface area contributed by atoms with Gasteiger partial charge in [-0.3, -0.25) is 0 Å². The molecule has 0 radical (unpaired) electrons. The van der Waals surface area contributed by atoms with Gasteiger partial charge in [0, 0.05) is 5.56 Å². The van der Waals surface area contributed by atoms with Crippen LogP contribution in [0.15, 0.2) is 36.9 Å². The number of hydrogen-bond acceptors (Lipinski definition) is 4. The van der Waals surface area contributed by atoms with Gasteiger partial charge < -0.3 is 25.4 Å². The van der Waals surface area contributed by atoms with Crippen LogP contribution in [0.4, 0.5) is 0 Å². The molecule has 5 nitrogen and oxygen atoms in total. The number of nitrogens with two attached hydrogens (primary N) is 1. The number of aliphatic hydroxyl groups is 3. The molecule has 5 N–H and O–H groups in total. The topological polar surface area (TPSA) is 86.5 Å². The van der Waals surface area contributed by atoms with E-state index in [0.29, 0.717) is 13.2 Å². The lowest BCUT2D eigenvalue weighted by Gasteiger charge is -2.25. The lowest BCUT2D eigenvalue weighted by molar-refractivity contribution is -0.746. The monoisotopic (exact) mass is 268 g/mol. The van der Waals surface area contributed by atoms with E-state index in [2.05, 4.69) is 6.58 Å². The summed E-state index contributed by atoms with van der Waals surface area (Å²) in [6, 6.07) is 7.52. The summed E-state index contributed by atoms with van der Waals surface area (Å²) in [6.07, 6.45) is 1.68. The molecule has 1 aromatic rings. The van der Waals surface area contributed by atoms with E-state index in [1.165, 1.54) is 0 Å². The van der Waals surface area contributed by atoms with Crippen molar-refractivity contribution in [1.29, 1.82) is 0 Å². The minimum atomic E-state index is -0.933. The number of aliphatic hydroxyl groups excluding tert-OH is 3. The Balaban J connectivity index is 2.55.